The number of halogens is 1. The molecule has 2 N–H and O–H groups in total. The minimum Gasteiger partial charge on any atom is -0.481 e. The van der Waals surface area contributed by atoms with E-state index in [0.29, 0.717) is 19.1 Å². The van der Waals surface area contributed by atoms with Gasteiger partial charge in [0.05, 0.1) is 5.92 Å². The lowest BCUT2D eigenvalue weighted by molar-refractivity contribution is -0.142. The van der Waals surface area contributed by atoms with E-state index in [4.69, 9.17) is 5.11 Å². The molecule has 2 atom stereocenters. The van der Waals surface area contributed by atoms with Crippen molar-refractivity contribution in [3.05, 3.63) is 0 Å². The topological polar surface area (TPSA) is 55.8 Å². The van der Waals surface area contributed by atoms with Gasteiger partial charge in [0.1, 0.15) is 0 Å². The predicted octanol–water partition coefficient (Wildman–Crippen LogP) is -0.672. The summed E-state index contributed by atoms with van der Waals surface area (Å²) in [6, 6.07) is 0.480. The average molecular weight is 250 g/mol. The van der Waals surface area contributed by atoms with Gasteiger partial charge in [0, 0.05) is 45.3 Å². The third-order valence-electron chi connectivity index (χ3n) is 3.33. The van der Waals surface area contributed by atoms with E-state index in [9.17, 15) is 4.79 Å². The molecule has 5 nitrogen and oxygen atoms in total. The molecule has 2 fully saturated rings. The van der Waals surface area contributed by atoms with Gasteiger partial charge in [0.15, 0.2) is 0 Å². The summed E-state index contributed by atoms with van der Waals surface area (Å²) in [5.41, 5.74) is 0. The Hall–Kier alpha value is -0.360. The number of hydrogen-bond acceptors (Lipinski definition) is 4. The summed E-state index contributed by atoms with van der Waals surface area (Å²) >= 11 is 0. The quantitative estimate of drug-likeness (QED) is 0.646. The van der Waals surface area contributed by atoms with Gasteiger partial charge in [-0.1, -0.05) is 0 Å². The van der Waals surface area contributed by atoms with Gasteiger partial charge in [-0.2, -0.15) is 0 Å². The van der Waals surface area contributed by atoms with E-state index in [1.54, 1.807) is 0 Å². The summed E-state index contributed by atoms with van der Waals surface area (Å²) < 4.78 is 0. The highest BCUT2D eigenvalue weighted by Gasteiger charge is 2.32. The molecule has 0 aromatic rings. The zero-order chi connectivity index (χ0) is 10.8. The van der Waals surface area contributed by atoms with Crippen molar-refractivity contribution in [1.82, 2.24) is 15.1 Å². The Morgan fingerprint density at radius 3 is 2.81 bits per heavy atom. The van der Waals surface area contributed by atoms with Gasteiger partial charge in [-0.05, 0) is 7.05 Å². The molecule has 0 spiro atoms. The standard InChI is InChI=1S/C10H19N3O2.ClH/c1-12-5-8(10(14)15)6-13-3-2-11-4-9(13)7-12;/h8-9,11H,2-7H2,1H3,(H,14,15);1H. The molecule has 0 amide bonds. The highest BCUT2D eigenvalue weighted by atomic mass is 35.5. The van der Waals surface area contributed by atoms with Crippen LogP contribution in [-0.4, -0.2) is 73.2 Å². The zero-order valence-corrected chi connectivity index (χ0v) is 10.4. The third-order valence-corrected chi connectivity index (χ3v) is 3.33. The number of piperazine rings is 1. The van der Waals surface area contributed by atoms with Crippen LogP contribution >= 0.6 is 12.4 Å². The molecule has 2 heterocycles. The van der Waals surface area contributed by atoms with Crippen LogP contribution in [0.3, 0.4) is 0 Å². The van der Waals surface area contributed by atoms with Gasteiger partial charge >= 0.3 is 5.97 Å². The highest BCUT2D eigenvalue weighted by Crippen LogP contribution is 2.14. The molecule has 0 radical (unpaired) electrons. The van der Waals surface area contributed by atoms with Crippen LogP contribution in [0.1, 0.15) is 0 Å². The van der Waals surface area contributed by atoms with E-state index in [-0.39, 0.29) is 18.3 Å². The average Bonchev–Trinajstić information content (AvgIpc) is 2.35. The number of fused-ring (bicyclic) bond motifs is 1. The molecule has 6 heteroatoms. The minimum absolute atomic E-state index is 0. The fourth-order valence-corrected chi connectivity index (χ4v) is 2.53. The van der Waals surface area contributed by atoms with E-state index < -0.39 is 5.97 Å². The Kier molecular flexibility index (Phi) is 4.98. The minimum atomic E-state index is -0.666. The summed E-state index contributed by atoms with van der Waals surface area (Å²) in [6.45, 7) is 5.27. The number of nitrogens with one attached hydrogen (secondary N) is 1. The predicted molar refractivity (Wildman–Crippen MR) is 64.1 cm³/mol. The van der Waals surface area contributed by atoms with Crippen LogP contribution in [0.5, 0.6) is 0 Å². The highest BCUT2D eigenvalue weighted by molar-refractivity contribution is 5.85. The largest absolute Gasteiger partial charge is 0.481 e. The Morgan fingerprint density at radius 1 is 1.38 bits per heavy atom. The maximum Gasteiger partial charge on any atom is 0.309 e. The Morgan fingerprint density at radius 2 is 2.12 bits per heavy atom. The van der Waals surface area contributed by atoms with Crippen molar-refractivity contribution >= 4 is 18.4 Å². The van der Waals surface area contributed by atoms with Gasteiger partial charge in [0.2, 0.25) is 0 Å². The van der Waals surface area contributed by atoms with E-state index in [1.165, 1.54) is 0 Å². The molecule has 16 heavy (non-hydrogen) atoms. The first-order valence-electron chi connectivity index (χ1n) is 5.53. The number of rotatable bonds is 1. The van der Waals surface area contributed by atoms with E-state index >= 15 is 0 Å². The summed E-state index contributed by atoms with van der Waals surface area (Å²) in [5.74, 6) is -0.904. The van der Waals surface area contributed by atoms with Gasteiger partial charge in [-0.15, -0.1) is 12.4 Å². The monoisotopic (exact) mass is 249 g/mol. The molecule has 0 aromatic carbocycles. The summed E-state index contributed by atoms with van der Waals surface area (Å²) in [4.78, 5) is 15.5. The van der Waals surface area contributed by atoms with Gasteiger partial charge in [0.25, 0.3) is 0 Å². The van der Waals surface area contributed by atoms with Gasteiger partial charge in [-0.3, -0.25) is 9.69 Å². The van der Waals surface area contributed by atoms with Crippen LogP contribution in [-0.2, 0) is 4.79 Å². The van der Waals surface area contributed by atoms with Crippen molar-refractivity contribution in [3.63, 3.8) is 0 Å². The summed E-state index contributed by atoms with van der Waals surface area (Å²) in [6.07, 6.45) is 0. The van der Waals surface area contributed by atoms with Crippen LogP contribution in [0.25, 0.3) is 0 Å². The molecular formula is C10H20ClN3O2. The lowest BCUT2D eigenvalue weighted by atomic mass is 10.1. The molecule has 0 aromatic heterocycles. The van der Waals surface area contributed by atoms with E-state index in [2.05, 4.69) is 15.1 Å². The number of nitrogens with zero attached hydrogens (tertiary/aromatic N) is 2. The Balaban J connectivity index is 0.00000128. The molecule has 2 aliphatic heterocycles. The number of likely N-dealkylation sites (N-methyl/N-ethyl adjacent to an activating group) is 1. The number of aliphatic carboxylic acids is 1. The van der Waals surface area contributed by atoms with Crippen molar-refractivity contribution < 1.29 is 9.90 Å². The van der Waals surface area contributed by atoms with Gasteiger partial charge in [-0.25, -0.2) is 0 Å². The Labute approximate surface area is 102 Å². The third kappa shape index (κ3) is 3.07. The van der Waals surface area contributed by atoms with Crippen LogP contribution < -0.4 is 5.32 Å². The second kappa shape index (κ2) is 5.82. The first-order chi connectivity index (χ1) is 7.16. The first-order valence-corrected chi connectivity index (χ1v) is 5.53. The normalized spacial score (nSPS) is 32.3. The molecule has 0 aliphatic carbocycles. The van der Waals surface area contributed by atoms with Crippen LogP contribution in [0.4, 0.5) is 0 Å². The fraction of sp³-hybridized carbons (Fsp3) is 0.900. The van der Waals surface area contributed by atoms with Gasteiger partial charge < -0.3 is 15.3 Å². The lowest BCUT2D eigenvalue weighted by Gasteiger charge is -2.35. The molecule has 0 saturated carbocycles. The number of carbonyl (C=O) groups is 1. The lowest BCUT2D eigenvalue weighted by Crippen LogP contribution is -2.54. The molecule has 2 aliphatic rings. The maximum atomic E-state index is 11.1. The zero-order valence-electron chi connectivity index (χ0n) is 9.56. The van der Waals surface area contributed by atoms with E-state index in [0.717, 1.165) is 26.2 Å². The molecule has 2 saturated heterocycles. The first kappa shape index (κ1) is 13.7. The maximum absolute atomic E-state index is 11.1. The van der Waals surface area contributed by atoms with Crippen molar-refractivity contribution in [2.75, 3.05) is 46.3 Å². The van der Waals surface area contributed by atoms with Crippen molar-refractivity contribution in [2.45, 2.75) is 6.04 Å². The van der Waals surface area contributed by atoms with E-state index in [1.807, 2.05) is 7.05 Å². The Bertz CT molecular complexity index is 252. The second-order valence-corrected chi connectivity index (χ2v) is 4.61. The summed E-state index contributed by atoms with van der Waals surface area (Å²) in [7, 11) is 2.01. The fourth-order valence-electron chi connectivity index (χ4n) is 2.53. The van der Waals surface area contributed by atoms with Crippen molar-refractivity contribution in [1.29, 1.82) is 0 Å². The number of carboxylic acid groups (broad SMARTS) is 1. The smallest absolute Gasteiger partial charge is 0.309 e. The van der Waals surface area contributed by atoms with Crippen LogP contribution in [0.2, 0.25) is 0 Å². The number of carboxylic acids is 1. The number of hydrogen-bond donors (Lipinski definition) is 2. The molecule has 2 rings (SSSR count). The van der Waals surface area contributed by atoms with Crippen molar-refractivity contribution in [3.8, 4) is 0 Å². The second-order valence-electron chi connectivity index (χ2n) is 4.61. The SMILES string of the molecule is CN1CC(C(=O)O)CN2CCNCC2C1.Cl. The molecule has 2 unspecified atom stereocenters. The van der Waals surface area contributed by atoms with Crippen LogP contribution in [0.15, 0.2) is 0 Å². The molecular weight excluding hydrogens is 230 g/mol. The van der Waals surface area contributed by atoms with Crippen molar-refractivity contribution in [2.24, 2.45) is 5.92 Å². The van der Waals surface area contributed by atoms with Crippen LogP contribution in [0, 0.1) is 5.92 Å². The molecule has 94 valence electrons. The summed E-state index contributed by atoms with van der Waals surface area (Å²) in [5, 5.41) is 12.5. The molecule has 0 bridgehead atoms.